The van der Waals surface area contributed by atoms with Gasteiger partial charge in [-0.25, -0.2) is 0 Å². The zero-order valence-electron chi connectivity index (χ0n) is 15.6. The average Bonchev–Trinajstić information content (AvgIpc) is 3.16. The summed E-state index contributed by atoms with van der Waals surface area (Å²) in [5.41, 5.74) is 4.03. The number of H-pyrrole nitrogens is 1. The second-order valence-corrected chi connectivity index (χ2v) is 8.01. The molecule has 1 aliphatic heterocycles. The number of amides is 1. The van der Waals surface area contributed by atoms with Gasteiger partial charge >= 0.3 is 0 Å². The van der Waals surface area contributed by atoms with Crippen LogP contribution in [0.1, 0.15) is 34.6 Å². The average molecular weight is 396 g/mol. The van der Waals surface area contributed by atoms with E-state index in [-0.39, 0.29) is 5.91 Å². The highest BCUT2D eigenvalue weighted by Gasteiger charge is 2.25. The van der Waals surface area contributed by atoms with E-state index in [0.29, 0.717) is 23.8 Å². The van der Waals surface area contributed by atoms with Crippen molar-refractivity contribution in [2.75, 3.05) is 31.1 Å². The predicted octanol–water partition coefficient (Wildman–Crippen LogP) is 3.45. The normalized spacial score (nSPS) is 17.0. The highest BCUT2D eigenvalue weighted by molar-refractivity contribution is 6.31. The van der Waals surface area contributed by atoms with E-state index in [1.807, 2.05) is 29.2 Å². The van der Waals surface area contributed by atoms with Gasteiger partial charge in [-0.05, 0) is 61.6 Å². The molecule has 1 amide bonds. The SMILES string of the molecule is O=C(c1cc2cc(Cl)ccc2[nH]1)N1CCN(c2cc3c(nn2)CCCC3)CC1. The number of hydrogen-bond acceptors (Lipinski definition) is 4. The molecule has 1 aromatic carbocycles. The Bertz CT molecular complexity index is 1040. The van der Waals surface area contributed by atoms with Crippen LogP contribution in [0.2, 0.25) is 5.02 Å². The largest absolute Gasteiger partial charge is 0.352 e. The highest BCUT2D eigenvalue weighted by atomic mass is 35.5. The minimum absolute atomic E-state index is 0.0310. The van der Waals surface area contributed by atoms with E-state index < -0.39 is 0 Å². The molecular weight excluding hydrogens is 374 g/mol. The molecule has 0 radical (unpaired) electrons. The van der Waals surface area contributed by atoms with E-state index >= 15 is 0 Å². The monoisotopic (exact) mass is 395 g/mol. The Kier molecular flexibility index (Phi) is 4.43. The summed E-state index contributed by atoms with van der Waals surface area (Å²) < 4.78 is 0. The van der Waals surface area contributed by atoms with Crippen molar-refractivity contribution in [3.63, 3.8) is 0 Å². The maximum Gasteiger partial charge on any atom is 0.270 e. The van der Waals surface area contributed by atoms with Crippen molar-refractivity contribution < 1.29 is 4.79 Å². The zero-order valence-corrected chi connectivity index (χ0v) is 16.4. The van der Waals surface area contributed by atoms with Crippen LogP contribution in [0.3, 0.4) is 0 Å². The lowest BCUT2D eigenvalue weighted by Crippen LogP contribution is -2.49. The Labute approximate surface area is 168 Å². The summed E-state index contributed by atoms with van der Waals surface area (Å²) in [6.07, 6.45) is 4.58. The van der Waals surface area contributed by atoms with Crippen LogP contribution in [-0.4, -0.2) is 52.2 Å². The number of carbonyl (C=O) groups excluding carboxylic acids is 1. The van der Waals surface area contributed by atoms with Crippen LogP contribution in [0.25, 0.3) is 10.9 Å². The molecule has 1 aliphatic carbocycles. The first-order chi connectivity index (χ1) is 13.7. The van der Waals surface area contributed by atoms with Crippen molar-refractivity contribution >= 4 is 34.2 Å². The van der Waals surface area contributed by atoms with Crippen LogP contribution < -0.4 is 4.90 Å². The minimum Gasteiger partial charge on any atom is -0.352 e. The van der Waals surface area contributed by atoms with Gasteiger partial charge in [0.2, 0.25) is 0 Å². The number of aryl methyl sites for hydroxylation is 2. The van der Waals surface area contributed by atoms with Crippen molar-refractivity contribution in [3.05, 3.63) is 52.3 Å². The summed E-state index contributed by atoms with van der Waals surface area (Å²) in [5, 5.41) is 10.5. The van der Waals surface area contributed by atoms with Crippen LogP contribution in [0.5, 0.6) is 0 Å². The summed E-state index contributed by atoms with van der Waals surface area (Å²) in [6, 6.07) is 9.68. The number of carbonyl (C=O) groups is 1. The molecule has 1 N–H and O–H groups in total. The first kappa shape index (κ1) is 17.5. The van der Waals surface area contributed by atoms with Gasteiger partial charge in [-0.1, -0.05) is 11.6 Å². The number of halogens is 1. The second kappa shape index (κ2) is 7.09. The van der Waals surface area contributed by atoms with E-state index in [0.717, 1.165) is 48.3 Å². The summed E-state index contributed by atoms with van der Waals surface area (Å²) in [5.74, 6) is 0.969. The fraction of sp³-hybridized carbons (Fsp3) is 0.381. The Morgan fingerprint density at radius 1 is 1.00 bits per heavy atom. The first-order valence-electron chi connectivity index (χ1n) is 9.85. The van der Waals surface area contributed by atoms with Crippen LogP contribution >= 0.6 is 11.6 Å². The molecular formula is C21H22ClN5O. The van der Waals surface area contributed by atoms with Gasteiger partial charge in [0.1, 0.15) is 5.69 Å². The summed E-state index contributed by atoms with van der Waals surface area (Å²) in [6.45, 7) is 2.89. The Morgan fingerprint density at radius 3 is 2.68 bits per heavy atom. The standard InChI is InChI=1S/C21H22ClN5O/c22-16-5-6-17-15(11-16)12-19(23-17)21(28)27-9-7-26(8-10-27)20-13-14-3-1-2-4-18(14)24-25-20/h5-6,11-13,23H,1-4,7-10H2. The third-order valence-corrected chi connectivity index (χ3v) is 6.00. The van der Waals surface area contributed by atoms with E-state index in [9.17, 15) is 4.79 Å². The minimum atomic E-state index is 0.0310. The molecule has 1 saturated heterocycles. The number of rotatable bonds is 2. The van der Waals surface area contributed by atoms with Gasteiger partial charge in [-0.2, -0.15) is 5.10 Å². The van der Waals surface area contributed by atoms with Crippen molar-refractivity contribution in [2.45, 2.75) is 25.7 Å². The molecule has 5 rings (SSSR count). The molecule has 144 valence electrons. The lowest BCUT2D eigenvalue weighted by Gasteiger charge is -2.35. The number of nitrogens with zero attached hydrogens (tertiary/aromatic N) is 4. The van der Waals surface area contributed by atoms with Gasteiger partial charge in [-0.15, -0.1) is 5.10 Å². The Balaban J connectivity index is 1.28. The summed E-state index contributed by atoms with van der Waals surface area (Å²) in [4.78, 5) is 20.2. The van der Waals surface area contributed by atoms with Gasteiger partial charge in [0.25, 0.3) is 5.91 Å². The van der Waals surface area contributed by atoms with E-state index in [1.54, 1.807) is 0 Å². The molecule has 0 bridgehead atoms. The van der Waals surface area contributed by atoms with Crippen molar-refractivity contribution in [1.82, 2.24) is 20.1 Å². The third kappa shape index (κ3) is 3.22. The zero-order chi connectivity index (χ0) is 19.1. The number of anilines is 1. The molecule has 28 heavy (non-hydrogen) atoms. The van der Waals surface area contributed by atoms with Crippen molar-refractivity contribution in [1.29, 1.82) is 0 Å². The van der Waals surface area contributed by atoms with Crippen LogP contribution in [0.4, 0.5) is 5.82 Å². The second-order valence-electron chi connectivity index (χ2n) is 7.58. The van der Waals surface area contributed by atoms with Crippen molar-refractivity contribution in [2.24, 2.45) is 0 Å². The fourth-order valence-electron chi connectivity index (χ4n) is 4.16. The highest BCUT2D eigenvalue weighted by Crippen LogP contribution is 2.24. The Hall–Kier alpha value is -2.60. The maximum absolute atomic E-state index is 12.9. The van der Waals surface area contributed by atoms with E-state index in [2.05, 4.69) is 26.1 Å². The molecule has 2 aliphatic rings. The van der Waals surface area contributed by atoms with Gasteiger partial charge in [0.05, 0.1) is 5.69 Å². The van der Waals surface area contributed by atoms with Crippen LogP contribution in [0.15, 0.2) is 30.3 Å². The summed E-state index contributed by atoms with van der Waals surface area (Å²) in [7, 11) is 0. The molecule has 3 aromatic rings. The number of nitrogens with one attached hydrogen (secondary N) is 1. The molecule has 3 heterocycles. The fourth-order valence-corrected chi connectivity index (χ4v) is 4.34. The topological polar surface area (TPSA) is 65.1 Å². The number of aromatic nitrogens is 3. The molecule has 0 saturated carbocycles. The predicted molar refractivity (Wildman–Crippen MR) is 110 cm³/mol. The first-order valence-corrected chi connectivity index (χ1v) is 10.2. The van der Waals surface area contributed by atoms with Crippen LogP contribution in [-0.2, 0) is 12.8 Å². The Morgan fingerprint density at radius 2 is 1.82 bits per heavy atom. The molecule has 6 nitrogen and oxygen atoms in total. The van der Waals surface area contributed by atoms with Gasteiger partial charge in [-0.3, -0.25) is 4.79 Å². The number of benzene rings is 1. The van der Waals surface area contributed by atoms with E-state index in [4.69, 9.17) is 11.6 Å². The third-order valence-electron chi connectivity index (χ3n) is 5.76. The van der Waals surface area contributed by atoms with Gasteiger partial charge < -0.3 is 14.8 Å². The smallest absolute Gasteiger partial charge is 0.270 e. The summed E-state index contributed by atoms with van der Waals surface area (Å²) >= 11 is 6.05. The number of hydrogen-bond donors (Lipinski definition) is 1. The molecule has 0 spiro atoms. The van der Waals surface area contributed by atoms with Gasteiger partial charge in [0, 0.05) is 42.1 Å². The molecule has 2 aromatic heterocycles. The molecule has 7 heteroatoms. The van der Waals surface area contributed by atoms with E-state index in [1.165, 1.54) is 18.4 Å². The lowest BCUT2D eigenvalue weighted by molar-refractivity contribution is 0.0741. The molecule has 1 fully saturated rings. The molecule has 0 atom stereocenters. The van der Waals surface area contributed by atoms with Crippen LogP contribution in [0, 0.1) is 0 Å². The lowest BCUT2D eigenvalue weighted by atomic mass is 9.97. The number of aromatic amines is 1. The maximum atomic E-state index is 12.9. The quantitative estimate of drug-likeness (QED) is 0.721. The molecule has 0 unspecified atom stereocenters. The number of fused-ring (bicyclic) bond motifs is 2. The van der Waals surface area contributed by atoms with Gasteiger partial charge in [0.15, 0.2) is 5.82 Å². The van der Waals surface area contributed by atoms with Crippen molar-refractivity contribution in [3.8, 4) is 0 Å². The number of piperazine rings is 1.